The SMILES string of the molecule is COc1cc(/C=C/C(=O)OC[C@H]2OC(OC(=O)/C=C/c3cc(OC)c(OC)c(OC)c3)[C@H](OC(=O)/C=C/c3cc(OC)c(OC)c(OC)c3)[C@@H](OC(=O)/C=C/c3cc(OC)c(OC)c(OC)c3)[C@@H]2OC(=O)/C=C/c2cc(OC)c(OC)c(OC)c2)cc(OC)c1OC. The third-order valence-electron chi connectivity index (χ3n) is 13.5. The molecule has 6 rings (SSSR count). The number of esters is 5. The summed E-state index contributed by atoms with van der Waals surface area (Å²) in [6.07, 6.45) is 2.03. The molecule has 1 aliphatic heterocycles. The van der Waals surface area contributed by atoms with Gasteiger partial charge in [-0.25, -0.2) is 24.0 Å². The molecule has 5 atom stereocenters. The molecule has 0 spiro atoms. The third-order valence-corrected chi connectivity index (χ3v) is 13.5. The van der Waals surface area contributed by atoms with Crippen LogP contribution in [0.5, 0.6) is 86.2 Å². The fraction of sp³-hybridized carbons (Fsp3) is 0.318. The number of carbonyl (C=O) groups excluding carboxylic acids is 5. The van der Waals surface area contributed by atoms with Crippen LogP contribution in [0.1, 0.15) is 27.8 Å². The van der Waals surface area contributed by atoms with E-state index in [2.05, 4.69) is 0 Å². The summed E-state index contributed by atoms with van der Waals surface area (Å²) in [7, 11) is 21.2. The van der Waals surface area contributed by atoms with E-state index in [4.69, 9.17) is 99.5 Å². The van der Waals surface area contributed by atoms with Crippen LogP contribution in [0.4, 0.5) is 0 Å². The van der Waals surface area contributed by atoms with Crippen LogP contribution in [0.25, 0.3) is 30.4 Å². The maximum absolute atomic E-state index is 14.5. The minimum absolute atomic E-state index is 0.238. The maximum Gasteiger partial charge on any atom is 0.333 e. The van der Waals surface area contributed by atoms with Gasteiger partial charge < -0.3 is 99.5 Å². The molecule has 0 bridgehead atoms. The molecule has 492 valence electrons. The first-order valence-electron chi connectivity index (χ1n) is 27.5. The van der Waals surface area contributed by atoms with E-state index in [-0.39, 0.29) is 80.5 Å². The number of hydrogen-bond donors (Lipinski definition) is 0. The average molecular weight is 1280 g/mol. The van der Waals surface area contributed by atoms with Crippen LogP contribution in [0, 0.1) is 0 Å². The average Bonchev–Trinajstić information content (AvgIpc) is 0.853. The first-order valence-corrected chi connectivity index (χ1v) is 27.5. The molecule has 0 radical (unpaired) electrons. The Hall–Kier alpha value is -10.9. The second-order valence-corrected chi connectivity index (χ2v) is 18.8. The lowest BCUT2D eigenvalue weighted by atomic mass is 9.98. The summed E-state index contributed by atoms with van der Waals surface area (Å²) in [5.41, 5.74) is 1.83. The van der Waals surface area contributed by atoms with E-state index in [1.807, 2.05) is 0 Å². The predicted octanol–water partition coefficient (Wildman–Crippen LogP) is 8.23. The third kappa shape index (κ3) is 17.7. The van der Waals surface area contributed by atoms with Crippen molar-refractivity contribution in [2.24, 2.45) is 0 Å². The quantitative estimate of drug-likeness (QED) is 0.0229. The molecule has 92 heavy (non-hydrogen) atoms. The first-order chi connectivity index (χ1) is 44.4. The maximum atomic E-state index is 14.5. The second kappa shape index (κ2) is 34.2. The highest BCUT2D eigenvalue weighted by Gasteiger charge is 2.54. The van der Waals surface area contributed by atoms with Crippen molar-refractivity contribution in [3.05, 3.63) is 119 Å². The van der Waals surface area contributed by atoms with Crippen LogP contribution in [0.2, 0.25) is 0 Å². The van der Waals surface area contributed by atoms with Gasteiger partial charge in [-0.1, -0.05) is 0 Å². The molecule has 0 aliphatic carbocycles. The number of hydrogen-bond acceptors (Lipinski definition) is 26. The van der Waals surface area contributed by atoms with Crippen molar-refractivity contribution in [2.45, 2.75) is 30.7 Å². The van der Waals surface area contributed by atoms with Crippen LogP contribution >= 0.6 is 0 Å². The van der Waals surface area contributed by atoms with Gasteiger partial charge in [0.15, 0.2) is 69.7 Å². The van der Waals surface area contributed by atoms with Crippen molar-refractivity contribution in [1.82, 2.24) is 0 Å². The molecule has 0 aromatic heterocycles. The van der Waals surface area contributed by atoms with Crippen molar-refractivity contribution < 1.29 is 123 Å². The zero-order chi connectivity index (χ0) is 67.0. The van der Waals surface area contributed by atoms with E-state index >= 15 is 0 Å². The molecule has 1 heterocycles. The number of carbonyl (C=O) groups is 5. The van der Waals surface area contributed by atoms with Gasteiger partial charge in [0, 0.05) is 30.4 Å². The van der Waals surface area contributed by atoms with E-state index < -0.39 is 67.2 Å². The Morgan fingerprint density at radius 1 is 0.293 bits per heavy atom. The first kappa shape index (κ1) is 70.2. The van der Waals surface area contributed by atoms with E-state index in [0.717, 1.165) is 30.4 Å². The summed E-state index contributed by atoms with van der Waals surface area (Å²) in [6.45, 7) is -0.820. The number of ether oxygens (including phenoxy) is 21. The normalized spacial score (nSPS) is 16.1. The summed E-state index contributed by atoms with van der Waals surface area (Å²) in [4.78, 5) is 71.4. The number of methoxy groups -OCH3 is 15. The zero-order valence-corrected chi connectivity index (χ0v) is 53.3. The molecule has 0 N–H and O–H groups in total. The highest BCUT2D eigenvalue weighted by Crippen LogP contribution is 2.43. The number of rotatable bonds is 31. The lowest BCUT2D eigenvalue weighted by Gasteiger charge is -2.43. The van der Waals surface area contributed by atoms with Gasteiger partial charge in [0.2, 0.25) is 41.1 Å². The van der Waals surface area contributed by atoms with Crippen molar-refractivity contribution >= 4 is 60.2 Å². The summed E-state index contributed by atoms with van der Waals surface area (Å²) in [5, 5.41) is 0. The Morgan fingerprint density at radius 2 is 0.511 bits per heavy atom. The van der Waals surface area contributed by atoms with Crippen LogP contribution in [-0.2, 0) is 52.4 Å². The fourth-order valence-electron chi connectivity index (χ4n) is 9.20. The van der Waals surface area contributed by atoms with Gasteiger partial charge in [-0.3, -0.25) is 0 Å². The van der Waals surface area contributed by atoms with E-state index in [9.17, 15) is 24.0 Å². The monoisotopic (exact) mass is 1280 g/mol. The van der Waals surface area contributed by atoms with E-state index in [0.29, 0.717) is 33.6 Å². The highest BCUT2D eigenvalue weighted by molar-refractivity contribution is 5.91. The molecule has 5 aromatic carbocycles. The van der Waals surface area contributed by atoms with Crippen LogP contribution in [-0.4, -0.2) is 174 Å². The Balaban J connectivity index is 1.52. The van der Waals surface area contributed by atoms with Crippen LogP contribution in [0.3, 0.4) is 0 Å². The molecule has 1 saturated heterocycles. The molecule has 0 amide bonds. The molecular weight excluding hydrogens is 1210 g/mol. The highest BCUT2D eigenvalue weighted by atomic mass is 16.7. The predicted molar refractivity (Wildman–Crippen MR) is 331 cm³/mol. The molecule has 1 unspecified atom stereocenters. The lowest BCUT2D eigenvalue weighted by Crippen LogP contribution is -2.63. The summed E-state index contributed by atoms with van der Waals surface area (Å²) in [6, 6.07) is 15.5. The molecule has 26 heteroatoms. The lowest BCUT2D eigenvalue weighted by molar-refractivity contribution is -0.298. The molecule has 26 nitrogen and oxygen atoms in total. The minimum atomic E-state index is -2.08. The van der Waals surface area contributed by atoms with Crippen molar-refractivity contribution in [3.8, 4) is 86.2 Å². The van der Waals surface area contributed by atoms with E-state index in [1.165, 1.54) is 161 Å². The molecule has 0 saturated carbocycles. The van der Waals surface area contributed by atoms with Gasteiger partial charge in [0.25, 0.3) is 0 Å². The Bertz CT molecular complexity index is 3440. The standard InChI is InChI=1S/C66H72O26/c1-72-42-26-37(27-43(73-2)58(42)82-11)16-21-53(67)87-36-52-63(89-54(68)22-17-38-28-44(74-3)59(83-12)45(29-38)75-4)64(90-55(69)23-18-39-30-46(76-5)60(84-13)47(31-39)77-6)65(91-56(70)24-19-40-32-48(78-7)61(85-14)49(33-40)79-8)66(88-52)92-57(71)25-20-41-34-50(80-9)62(86-15)51(35-41)81-10/h16-35,52,63-66H,36H2,1-15H3/b21-16+,22-17+,23-18+,24-19+,25-20+/t52-,63-,64+,65-,66?/m1/s1. The smallest absolute Gasteiger partial charge is 0.333 e. The van der Waals surface area contributed by atoms with Gasteiger partial charge in [-0.15, -0.1) is 0 Å². The second-order valence-electron chi connectivity index (χ2n) is 18.8. The van der Waals surface area contributed by atoms with Gasteiger partial charge in [0.05, 0.1) is 107 Å². The Labute approximate surface area is 531 Å². The topological polar surface area (TPSA) is 279 Å². The van der Waals surface area contributed by atoms with E-state index in [1.54, 1.807) is 36.4 Å². The van der Waals surface area contributed by atoms with Gasteiger partial charge in [-0.2, -0.15) is 0 Å². The Kier molecular flexibility index (Phi) is 26.1. The molecular formula is C66H72O26. The summed E-state index contributed by atoms with van der Waals surface area (Å²) in [5.74, 6) is -1.66. The van der Waals surface area contributed by atoms with Crippen molar-refractivity contribution in [1.29, 1.82) is 0 Å². The Morgan fingerprint density at radius 3 is 0.750 bits per heavy atom. The van der Waals surface area contributed by atoms with Crippen LogP contribution in [0.15, 0.2) is 91.0 Å². The minimum Gasteiger partial charge on any atom is -0.493 e. The van der Waals surface area contributed by atoms with Gasteiger partial charge in [-0.05, 0) is 119 Å². The summed E-state index contributed by atoms with van der Waals surface area (Å²) >= 11 is 0. The molecule has 5 aromatic rings. The number of benzene rings is 5. The van der Waals surface area contributed by atoms with Gasteiger partial charge in [0.1, 0.15) is 12.7 Å². The summed E-state index contributed by atoms with van der Waals surface area (Å²) < 4.78 is 119. The molecule has 1 aliphatic rings. The zero-order valence-electron chi connectivity index (χ0n) is 53.3. The fourth-order valence-corrected chi connectivity index (χ4v) is 9.20. The largest absolute Gasteiger partial charge is 0.493 e. The molecule has 1 fully saturated rings. The van der Waals surface area contributed by atoms with Gasteiger partial charge >= 0.3 is 29.8 Å². The van der Waals surface area contributed by atoms with Crippen LogP contribution < -0.4 is 71.1 Å². The van der Waals surface area contributed by atoms with Crippen molar-refractivity contribution in [3.63, 3.8) is 0 Å². The van der Waals surface area contributed by atoms with Crippen molar-refractivity contribution in [2.75, 3.05) is 113 Å².